The van der Waals surface area contributed by atoms with E-state index in [9.17, 15) is 4.39 Å². The number of hydrogen-bond acceptors (Lipinski definition) is 6. The van der Waals surface area contributed by atoms with E-state index in [2.05, 4.69) is 20.7 Å². The number of ether oxygens (including phenoxy) is 1. The molecule has 2 aromatic rings. The van der Waals surface area contributed by atoms with Crippen LogP contribution in [0.1, 0.15) is 5.56 Å². The van der Waals surface area contributed by atoms with Crippen molar-refractivity contribution in [3.8, 4) is 5.75 Å². The van der Waals surface area contributed by atoms with E-state index in [-0.39, 0.29) is 17.9 Å². The second kappa shape index (κ2) is 5.30. The molecule has 1 aliphatic heterocycles. The Hall–Kier alpha value is -2.41. The van der Waals surface area contributed by atoms with Crippen LogP contribution in [0.25, 0.3) is 0 Å². The Morgan fingerprint density at radius 3 is 3.05 bits per heavy atom. The Morgan fingerprint density at radius 1 is 1.40 bits per heavy atom. The van der Waals surface area contributed by atoms with E-state index in [4.69, 9.17) is 10.6 Å². The van der Waals surface area contributed by atoms with Gasteiger partial charge in [-0.15, -0.1) is 0 Å². The van der Waals surface area contributed by atoms with Crippen molar-refractivity contribution >= 4 is 11.8 Å². The van der Waals surface area contributed by atoms with Gasteiger partial charge in [-0.05, 0) is 11.6 Å². The molecule has 0 aliphatic carbocycles. The number of nitrogens with one attached hydrogen (secondary N) is 2. The first-order valence-corrected chi connectivity index (χ1v) is 6.24. The average molecular weight is 275 g/mol. The fourth-order valence-corrected chi connectivity index (χ4v) is 2.14. The van der Waals surface area contributed by atoms with E-state index >= 15 is 0 Å². The zero-order chi connectivity index (χ0) is 13.9. The number of aromatic nitrogens is 2. The summed E-state index contributed by atoms with van der Waals surface area (Å²) in [4.78, 5) is 7.59. The third-order valence-electron chi connectivity index (χ3n) is 3.08. The van der Waals surface area contributed by atoms with Crippen molar-refractivity contribution in [1.82, 2.24) is 9.97 Å². The topological polar surface area (TPSA) is 85.1 Å². The van der Waals surface area contributed by atoms with E-state index < -0.39 is 5.82 Å². The highest BCUT2D eigenvalue weighted by atomic mass is 19.1. The molecule has 1 aromatic carbocycles. The number of fused-ring (bicyclic) bond motifs is 1. The lowest BCUT2D eigenvalue weighted by molar-refractivity contribution is 0.246. The summed E-state index contributed by atoms with van der Waals surface area (Å²) in [5, 5.41) is 2.92. The van der Waals surface area contributed by atoms with Gasteiger partial charge in [-0.25, -0.2) is 15.2 Å². The van der Waals surface area contributed by atoms with E-state index in [1.165, 1.54) is 0 Å². The van der Waals surface area contributed by atoms with Crippen LogP contribution in [-0.2, 0) is 6.42 Å². The van der Waals surface area contributed by atoms with E-state index in [0.717, 1.165) is 23.9 Å². The highest BCUT2D eigenvalue weighted by Gasteiger charge is 2.22. The van der Waals surface area contributed by atoms with Gasteiger partial charge in [-0.3, -0.25) is 5.43 Å². The smallest absolute Gasteiger partial charge is 0.239 e. The second-order valence-corrected chi connectivity index (χ2v) is 4.47. The zero-order valence-corrected chi connectivity index (χ0v) is 10.6. The second-order valence-electron chi connectivity index (χ2n) is 4.47. The molecule has 0 amide bonds. The molecular formula is C13H14FN5O. The molecule has 1 unspecified atom stereocenters. The van der Waals surface area contributed by atoms with Crippen molar-refractivity contribution in [1.29, 1.82) is 0 Å². The molecule has 0 fully saturated rings. The van der Waals surface area contributed by atoms with Gasteiger partial charge in [0.05, 0.1) is 12.7 Å². The van der Waals surface area contributed by atoms with Crippen LogP contribution in [0.5, 0.6) is 5.75 Å². The van der Waals surface area contributed by atoms with Gasteiger partial charge >= 0.3 is 0 Å². The van der Waals surface area contributed by atoms with Gasteiger partial charge in [-0.2, -0.15) is 4.98 Å². The van der Waals surface area contributed by atoms with Crippen LogP contribution >= 0.6 is 0 Å². The van der Waals surface area contributed by atoms with Gasteiger partial charge in [-0.1, -0.05) is 18.2 Å². The molecular weight excluding hydrogens is 261 g/mol. The number of para-hydroxylation sites is 1. The minimum Gasteiger partial charge on any atom is -0.488 e. The number of rotatable bonds is 4. The Labute approximate surface area is 115 Å². The summed E-state index contributed by atoms with van der Waals surface area (Å²) in [6.45, 7) is 0.451. The molecule has 1 aliphatic rings. The maximum atomic E-state index is 13.5. The number of halogens is 1. The number of benzene rings is 1. The van der Waals surface area contributed by atoms with E-state index in [1.54, 1.807) is 0 Å². The lowest BCUT2D eigenvalue weighted by Gasteiger charge is -2.13. The third kappa shape index (κ3) is 2.48. The molecule has 0 spiro atoms. The maximum absolute atomic E-state index is 13.5. The summed E-state index contributed by atoms with van der Waals surface area (Å²) in [6, 6.07) is 7.85. The monoisotopic (exact) mass is 275 g/mol. The molecule has 4 N–H and O–H groups in total. The Morgan fingerprint density at radius 2 is 2.25 bits per heavy atom. The Balaban J connectivity index is 1.64. The molecule has 0 saturated carbocycles. The molecule has 104 valence electrons. The summed E-state index contributed by atoms with van der Waals surface area (Å²) in [7, 11) is 0. The van der Waals surface area contributed by atoms with Crippen LogP contribution in [-0.4, -0.2) is 22.6 Å². The molecule has 3 rings (SSSR count). The van der Waals surface area contributed by atoms with Crippen LogP contribution in [0.4, 0.5) is 16.2 Å². The number of hydrazine groups is 1. The molecule has 1 atom stereocenters. The lowest BCUT2D eigenvalue weighted by Crippen LogP contribution is -2.25. The zero-order valence-electron chi connectivity index (χ0n) is 10.6. The van der Waals surface area contributed by atoms with Crippen molar-refractivity contribution in [2.75, 3.05) is 17.3 Å². The van der Waals surface area contributed by atoms with Crippen molar-refractivity contribution in [2.45, 2.75) is 12.5 Å². The lowest BCUT2D eigenvalue weighted by atomic mass is 10.1. The van der Waals surface area contributed by atoms with Crippen LogP contribution in [0.2, 0.25) is 0 Å². The predicted molar refractivity (Wildman–Crippen MR) is 72.9 cm³/mol. The fraction of sp³-hybridized carbons (Fsp3) is 0.231. The summed E-state index contributed by atoms with van der Waals surface area (Å²) in [5.41, 5.74) is 3.44. The van der Waals surface area contributed by atoms with Crippen molar-refractivity contribution < 1.29 is 9.13 Å². The predicted octanol–water partition coefficient (Wildman–Crippen LogP) is 1.32. The molecule has 7 heteroatoms. The number of nitrogens with zero attached hydrogens (tertiary/aromatic N) is 2. The van der Waals surface area contributed by atoms with Crippen LogP contribution < -0.4 is 21.3 Å². The molecule has 0 saturated heterocycles. The molecule has 6 nitrogen and oxygen atoms in total. The van der Waals surface area contributed by atoms with Gasteiger partial charge in [0, 0.05) is 6.42 Å². The highest BCUT2D eigenvalue weighted by Crippen LogP contribution is 2.28. The quantitative estimate of drug-likeness (QED) is 0.576. The Kier molecular flexibility index (Phi) is 3.34. The number of hydrogen-bond donors (Lipinski definition) is 3. The first kappa shape index (κ1) is 12.6. The van der Waals surface area contributed by atoms with Gasteiger partial charge in [0.2, 0.25) is 5.95 Å². The van der Waals surface area contributed by atoms with Crippen LogP contribution in [0.3, 0.4) is 0 Å². The Bertz CT molecular complexity index is 596. The minimum atomic E-state index is -0.528. The van der Waals surface area contributed by atoms with Crippen molar-refractivity contribution in [2.24, 2.45) is 5.84 Å². The first-order chi connectivity index (χ1) is 9.76. The highest BCUT2D eigenvalue weighted by molar-refractivity contribution is 5.42. The summed E-state index contributed by atoms with van der Waals surface area (Å²) in [5.74, 6) is 5.81. The van der Waals surface area contributed by atoms with Crippen LogP contribution in [0.15, 0.2) is 30.5 Å². The van der Waals surface area contributed by atoms with Crippen molar-refractivity contribution in [3.05, 3.63) is 41.8 Å². The van der Waals surface area contributed by atoms with Gasteiger partial charge < -0.3 is 10.1 Å². The standard InChI is InChI=1S/C13H14FN5O/c14-10-7-17-13(19-15)18-12(10)16-6-9-5-8-3-1-2-4-11(8)20-9/h1-4,7,9H,5-6,15H2,(H2,16,17,18,19). The number of anilines is 2. The summed E-state index contributed by atoms with van der Waals surface area (Å²) >= 11 is 0. The summed E-state index contributed by atoms with van der Waals surface area (Å²) < 4.78 is 19.3. The number of nitrogen functional groups attached to an aromatic ring is 1. The van der Waals surface area contributed by atoms with Gasteiger partial charge in [0.15, 0.2) is 11.6 Å². The molecule has 0 bridgehead atoms. The third-order valence-corrected chi connectivity index (χ3v) is 3.08. The molecule has 0 radical (unpaired) electrons. The van der Waals surface area contributed by atoms with Gasteiger partial charge in [0.25, 0.3) is 0 Å². The minimum absolute atomic E-state index is 0.0453. The fourth-order valence-electron chi connectivity index (χ4n) is 2.14. The van der Waals surface area contributed by atoms with E-state index in [0.29, 0.717) is 6.54 Å². The van der Waals surface area contributed by atoms with Gasteiger partial charge in [0.1, 0.15) is 11.9 Å². The molecule has 1 aromatic heterocycles. The molecule has 2 heterocycles. The maximum Gasteiger partial charge on any atom is 0.239 e. The largest absolute Gasteiger partial charge is 0.488 e. The first-order valence-electron chi connectivity index (χ1n) is 6.24. The average Bonchev–Trinajstić information content (AvgIpc) is 2.89. The SMILES string of the molecule is NNc1ncc(F)c(NCC2Cc3ccccc3O2)n1. The van der Waals surface area contributed by atoms with E-state index in [1.807, 2.05) is 24.3 Å². The van der Waals surface area contributed by atoms with Crippen molar-refractivity contribution in [3.63, 3.8) is 0 Å². The normalized spacial score (nSPS) is 16.4. The summed E-state index contributed by atoms with van der Waals surface area (Å²) in [6.07, 6.45) is 1.81. The van der Waals surface area contributed by atoms with Crippen LogP contribution in [0, 0.1) is 5.82 Å². The number of nitrogens with two attached hydrogens (primary N) is 1. The molecule has 20 heavy (non-hydrogen) atoms.